The topological polar surface area (TPSA) is 43.3 Å². The van der Waals surface area contributed by atoms with Crippen molar-refractivity contribution in [1.82, 2.24) is 4.57 Å². The third-order valence-corrected chi connectivity index (χ3v) is 5.21. The van der Waals surface area contributed by atoms with Gasteiger partial charge < -0.3 is 14.6 Å². The largest absolute Gasteiger partial charge is 0.382 e. The van der Waals surface area contributed by atoms with Crippen LogP contribution in [0.25, 0.3) is 11.1 Å². The van der Waals surface area contributed by atoms with Crippen molar-refractivity contribution in [3.63, 3.8) is 0 Å². The van der Waals surface area contributed by atoms with Gasteiger partial charge in [0.1, 0.15) is 0 Å². The predicted molar refractivity (Wildman–Crippen MR) is 101 cm³/mol. The highest BCUT2D eigenvalue weighted by molar-refractivity contribution is 7.98. The molecule has 0 spiro atoms. The second-order valence-electron chi connectivity index (χ2n) is 6.27. The molecule has 0 bridgehead atoms. The third-order valence-electron chi connectivity index (χ3n) is 4.48. The number of hydrogen-bond acceptors (Lipinski definition) is 4. The molecule has 1 aliphatic rings. The minimum Gasteiger partial charge on any atom is -0.382 e. The first-order valence-corrected chi connectivity index (χ1v) is 9.51. The molecule has 0 aliphatic carbocycles. The van der Waals surface area contributed by atoms with Gasteiger partial charge in [0.2, 0.25) is 0 Å². The summed E-state index contributed by atoms with van der Waals surface area (Å²) in [6, 6.07) is 8.91. The zero-order valence-corrected chi connectivity index (χ0v) is 15.3. The Kier molecular flexibility index (Phi) is 5.31. The van der Waals surface area contributed by atoms with Crippen LogP contribution in [0.1, 0.15) is 18.4 Å². The zero-order valence-electron chi connectivity index (χ0n) is 14.5. The van der Waals surface area contributed by atoms with Crippen molar-refractivity contribution in [2.24, 2.45) is 7.05 Å². The minimum absolute atomic E-state index is 0.0544. The second-order valence-corrected chi connectivity index (χ2v) is 7.15. The van der Waals surface area contributed by atoms with Gasteiger partial charge in [-0.15, -0.1) is 11.8 Å². The Balaban J connectivity index is 2.02. The molecular formula is C19H24N2O2S. The van der Waals surface area contributed by atoms with Gasteiger partial charge in [0, 0.05) is 59.8 Å². The standard InChI is InChI=1S/C19H24N2O2S/c1-13-10-14(12-21(2)19(13)22)17-11-16(24-3)4-5-18(17)20-15-6-8-23-9-7-15/h4-5,10-12,15,20H,6-9H2,1-3H3. The molecule has 2 aromatic rings. The summed E-state index contributed by atoms with van der Waals surface area (Å²) in [6.45, 7) is 3.50. The maximum atomic E-state index is 12.0. The van der Waals surface area contributed by atoms with Gasteiger partial charge in [0.15, 0.2) is 0 Å². The molecule has 128 valence electrons. The SMILES string of the molecule is CSc1ccc(NC2CCOCC2)c(-c2cc(C)c(=O)n(C)c2)c1. The van der Waals surface area contributed by atoms with Gasteiger partial charge in [-0.2, -0.15) is 0 Å². The third kappa shape index (κ3) is 3.68. The predicted octanol–water partition coefficient (Wildman–Crippen LogP) is 3.67. The summed E-state index contributed by atoms with van der Waals surface area (Å²) in [7, 11) is 1.81. The molecule has 1 aromatic carbocycles. The lowest BCUT2D eigenvalue weighted by atomic mass is 10.0. The van der Waals surface area contributed by atoms with E-state index in [1.165, 1.54) is 4.90 Å². The van der Waals surface area contributed by atoms with Crippen molar-refractivity contribution < 1.29 is 4.74 Å². The molecule has 0 saturated carbocycles. The first-order valence-electron chi connectivity index (χ1n) is 8.28. The van der Waals surface area contributed by atoms with Crippen LogP contribution in [0.5, 0.6) is 0 Å². The first-order chi connectivity index (χ1) is 11.6. The molecule has 1 aromatic heterocycles. The van der Waals surface area contributed by atoms with E-state index in [9.17, 15) is 4.79 Å². The average Bonchev–Trinajstić information content (AvgIpc) is 2.60. The fourth-order valence-corrected chi connectivity index (χ4v) is 3.54. The molecule has 1 fully saturated rings. The van der Waals surface area contributed by atoms with Gasteiger partial charge in [-0.1, -0.05) is 0 Å². The molecule has 4 nitrogen and oxygen atoms in total. The van der Waals surface area contributed by atoms with Crippen LogP contribution in [0, 0.1) is 6.92 Å². The Morgan fingerprint density at radius 3 is 2.67 bits per heavy atom. The van der Waals surface area contributed by atoms with Crippen LogP contribution in [-0.2, 0) is 11.8 Å². The van der Waals surface area contributed by atoms with Crippen molar-refractivity contribution in [2.45, 2.75) is 30.7 Å². The molecule has 0 amide bonds. The number of pyridine rings is 1. The monoisotopic (exact) mass is 344 g/mol. The number of rotatable bonds is 4. The summed E-state index contributed by atoms with van der Waals surface area (Å²) in [4.78, 5) is 13.2. The van der Waals surface area contributed by atoms with Crippen molar-refractivity contribution in [2.75, 3.05) is 24.8 Å². The highest BCUT2D eigenvalue weighted by Gasteiger charge is 2.16. The van der Waals surface area contributed by atoms with Gasteiger partial charge in [-0.25, -0.2) is 0 Å². The van der Waals surface area contributed by atoms with Crippen LogP contribution in [0.4, 0.5) is 5.69 Å². The number of aryl methyl sites for hydroxylation is 2. The Morgan fingerprint density at radius 1 is 1.25 bits per heavy atom. The van der Waals surface area contributed by atoms with Crippen molar-refractivity contribution in [1.29, 1.82) is 0 Å². The van der Waals surface area contributed by atoms with Crippen LogP contribution >= 0.6 is 11.8 Å². The average molecular weight is 344 g/mol. The molecule has 5 heteroatoms. The van der Waals surface area contributed by atoms with E-state index in [0.29, 0.717) is 6.04 Å². The number of benzene rings is 1. The van der Waals surface area contributed by atoms with E-state index < -0.39 is 0 Å². The molecule has 0 radical (unpaired) electrons. The van der Waals surface area contributed by atoms with E-state index in [1.54, 1.807) is 16.3 Å². The Labute approximate surface area is 147 Å². The zero-order chi connectivity index (χ0) is 17.1. The van der Waals surface area contributed by atoms with E-state index >= 15 is 0 Å². The molecule has 0 unspecified atom stereocenters. The van der Waals surface area contributed by atoms with Gasteiger partial charge in [0.25, 0.3) is 5.56 Å². The molecule has 1 aliphatic heterocycles. The van der Waals surface area contributed by atoms with Gasteiger partial charge in [0.05, 0.1) is 0 Å². The van der Waals surface area contributed by atoms with Crippen molar-refractivity contribution in [3.05, 3.63) is 46.4 Å². The molecule has 3 rings (SSSR count). The normalized spacial score (nSPS) is 15.5. The first kappa shape index (κ1) is 17.1. The highest BCUT2D eigenvalue weighted by Crippen LogP contribution is 2.33. The summed E-state index contributed by atoms with van der Waals surface area (Å²) in [6.07, 6.45) is 6.05. The molecular weight excluding hydrogens is 320 g/mol. The Bertz CT molecular complexity index is 753. The van der Waals surface area contributed by atoms with Gasteiger partial charge in [-0.05, 0) is 50.3 Å². The summed E-state index contributed by atoms with van der Waals surface area (Å²) in [5.41, 5.74) is 4.16. The summed E-state index contributed by atoms with van der Waals surface area (Å²) in [5, 5.41) is 3.68. The van der Waals surface area contributed by atoms with E-state index in [0.717, 1.165) is 48.4 Å². The van der Waals surface area contributed by atoms with E-state index in [2.05, 4.69) is 29.8 Å². The maximum Gasteiger partial charge on any atom is 0.253 e. The number of aromatic nitrogens is 1. The number of hydrogen-bond donors (Lipinski definition) is 1. The number of ether oxygens (including phenoxy) is 1. The van der Waals surface area contributed by atoms with Gasteiger partial charge in [-0.3, -0.25) is 4.79 Å². The van der Waals surface area contributed by atoms with Crippen LogP contribution in [-0.4, -0.2) is 30.1 Å². The lowest BCUT2D eigenvalue weighted by molar-refractivity contribution is 0.0904. The van der Waals surface area contributed by atoms with E-state index in [-0.39, 0.29) is 5.56 Å². The summed E-state index contributed by atoms with van der Waals surface area (Å²) < 4.78 is 7.11. The Morgan fingerprint density at radius 2 is 2.00 bits per heavy atom. The summed E-state index contributed by atoms with van der Waals surface area (Å²) in [5.74, 6) is 0. The number of nitrogens with one attached hydrogen (secondary N) is 1. The molecule has 24 heavy (non-hydrogen) atoms. The number of anilines is 1. The lowest BCUT2D eigenvalue weighted by Crippen LogP contribution is -2.28. The number of thioether (sulfide) groups is 1. The van der Waals surface area contributed by atoms with Crippen molar-refractivity contribution in [3.8, 4) is 11.1 Å². The Hall–Kier alpha value is -1.72. The molecule has 1 N–H and O–H groups in total. The van der Waals surface area contributed by atoms with E-state index in [1.807, 2.05) is 26.2 Å². The van der Waals surface area contributed by atoms with Crippen LogP contribution in [0.3, 0.4) is 0 Å². The van der Waals surface area contributed by atoms with E-state index in [4.69, 9.17) is 4.74 Å². The second kappa shape index (κ2) is 7.45. The fourth-order valence-electron chi connectivity index (χ4n) is 3.10. The van der Waals surface area contributed by atoms with Crippen LogP contribution < -0.4 is 10.9 Å². The smallest absolute Gasteiger partial charge is 0.253 e. The van der Waals surface area contributed by atoms with Gasteiger partial charge >= 0.3 is 0 Å². The van der Waals surface area contributed by atoms with Crippen LogP contribution in [0.15, 0.2) is 40.2 Å². The number of nitrogens with zero attached hydrogens (tertiary/aromatic N) is 1. The van der Waals surface area contributed by atoms with Crippen LogP contribution in [0.2, 0.25) is 0 Å². The molecule has 1 saturated heterocycles. The highest BCUT2D eigenvalue weighted by atomic mass is 32.2. The molecule has 2 heterocycles. The lowest BCUT2D eigenvalue weighted by Gasteiger charge is -2.26. The quantitative estimate of drug-likeness (QED) is 0.860. The minimum atomic E-state index is 0.0544. The van der Waals surface area contributed by atoms with Crippen molar-refractivity contribution >= 4 is 17.4 Å². The fraction of sp³-hybridized carbons (Fsp3) is 0.421. The summed E-state index contributed by atoms with van der Waals surface area (Å²) >= 11 is 1.73. The maximum absolute atomic E-state index is 12.0. The molecule has 0 atom stereocenters.